The summed E-state index contributed by atoms with van der Waals surface area (Å²) in [5.41, 5.74) is 1.32. The maximum absolute atomic E-state index is 13.2. The van der Waals surface area contributed by atoms with Crippen LogP contribution in [0.5, 0.6) is 5.75 Å². The normalized spacial score (nSPS) is 17.3. The lowest BCUT2D eigenvalue weighted by molar-refractivity contribution is 0.0949. The van der Waals surface area contributed by atoms with Gasteiger partial charge in [0.05, 0.1) is 34.2 Å². The molecule has 1 fully saturated rings. The van der Waals surface area contributed by atoms with Crippen LogP contribution >= 0.6 is 11.3 Å². The molecule has 11 heteroatoms. The zero-order valence-electron chi connectivity index (χ0n) is 21.3. The fourth-order valence-electron chi connectivity index (χ4n) is 4.76. The molecule has 40 heavy (non-hydrogen) atoms. The quantitative estimate of drug-likeness (QED) is 0.303. The molecule has 2 aliphatic rings. The van der Waals surface area contributed by atoms with Crippen molar-refractivity contribution in [1.82, 2.24) is 15.6 Å². The first-order valence-corrected chi connectivity index (χ1v) is 15.1. The van der Waals surface area contributed by atoms with Crippen LogP contribution in [-0.4, -0.2) is 44.9 Å². The zero-order valence-corrected chi connectivity index (χ0v) is 23.0. The van der Waals surface area contributed by atoms with E-state index in [0.717, 1.165) is 40.7 Å². The number of anilines is 1. The smallest absolute Gasteiger partial charge is 0.257 e. The van der Waals surface area contributed by atoms with Gasteiger partial charge in [-0.05, 0) is 67.6 Å². The minimum atomic E-state index is -3.93. The zero-order chi connectivity index (χ0) is 27.7. The number of sulfone groups is 1. The second kappa shape index (κ2) is 10.8. The van der Waals surface area contributed by atoms with Gasteiger partial charge in [-0.15, -0.1) is 11.3 Å². The number of fused-ring (bicyclic) bond motifs is 2. The Bertz CT molecular complexity index is 1690. The van der Waals surface area contributed by atoms with Crippen molar-refractivity contribution in [2.24, 2.45) is 5.92 Å². The number of nitrogens with one attached hydrogen (secondary N) is 3. The minimum absolute atomic E-state index is 0.0542. The molecule has 1 aromatic heterocycles. The summed E-state index contributed by atoms with van der Waals surface area (Å²) in [5, 5.41) is 9.65. The largest absolute Gasteiger partial charge is 0.493 e. The van der Waals surface area contributed by atoms with E-state index in [1.807, 2.05) is 24.3 Å². The van der Waals surface area contributed by atoms with Gasteiger partial charge < -0.3 is 20.7 Å². The summed E-state index contributed by atoms with van der Waals surface area (Å²) in [7, 11) is -3.93. The second-order valence-corrected chi connectivity index (χ2v) is 12.7. The van der Waals surface area contributed by atoms with Crippen molar-refractivity contribution in [2.45, 2.75) is 22.8 Å². The Hall–Kier alpha value is -4.06. The first kappa shape index (κ1) is 26.2. The number of amides is 2. The standard InChI is InChI=1S/C29H26N4O5S2/c34-27(20-7-10-26-24(13-20)33-28(35)23-3-1-2-4-25(23)40(26,36)37)31-15-22-16-32-29(39-22)19-5-8-21(9-6-19)38-17-18-11-12-30-14-18/h1-10,13,16,18,30H,11-12,14-15,17H2,(H,31,34)(H,33,35)/t18-/m1/s1. The first-order chi connectivity index (χ1) is 19.4. The van der Waals surface area contributed by atoms with E-state index in [-0.39, 0.29) is 33.2 Å². The highest BCUT2D eigenvalue weighted by Crippen LogP contribution is 2.34. The predicted octanol–water partition coefficient (Wildman–Crippen LogP) is 4.13. The number of nitrogens with zero attached hydrogens (tertiary/aromatic N) is 1. The number of thiazole rings is 1. The summed E-state index contributed by atoms with van der Waals surface area (Å²) in [5.74, 6) is 0.433. The van der Waals surface area contributed by atoms with Gasteiger partial charge in [-0.2, -0.15) is 0 Å². The molecule has 3 heterocycles. The molecule has 9 nitrogen and oxygen atoms in total. The number of hydrogen-bond acceptors (Lipinski definition) is 8. The molecule has 2 amide bonds. The summed E-state index contributed by atoms with van der Waals surface area (Å²) in [6.45, 7) is 2.99. The van der Waals surface area contributed by atoms with Crippen LogP contribution in [0.2, 0.25) is 0 Å². The molecular formula is C29H26N4O5S2. The Morgan fingerprint density at radius 3 is 2.70 bits per heavy atom. The number of carbonyl (C=O) groups excluding carboxylic acids is 2. The monoisotopic (exact) mass is 574 g/mol. The average Bonchev–Trinajstić information content (AvgIpc) is 3.66. The summed E-state index contributed by atoms with van der Waals surface area (Å²) in [6.07, 6.45) is 2.86. The molecular weight excluding hydrogens is 548 g/mol. The molecule has 3 aromatic carbocycles. The third-order valence-corrected chi connectivity index (χ3v) is 9.84. The summed E-state index contributed by atoms with van der Waals surface area (Å²) in [6, 6.07) is 18.0. The first-order valence-electron chi connectivity index (χ1n) is 12.8. The van der Waals surface area contributed by atoms with Crippen LogP contribution in [0.25, 0.3) is 10.6 Å². The maximum Gasteiger partial charge on any atom is 0.257 e. The lowest BCUT2D eigenvalue weighted by Crippen LogP contribution is -2.22. The Kier molecular flexibility index (Phi) is 7.09. The highest BCUT2D eigenvalue weighted by Gasteiger charge is 2.31. The van der Waals surface area contributed by atoms with Crippen LogP contribution in [0.4, 0.5) is 5.69 Å². The van der Waals surface area contributed by atoms with Gasteiger partial charge >= 0.3 is 0 Å². The number of benzene rings is 3. The highest BCUT2D eigenvalue weighted by molar-refractivity contribution is 7.91. The SMILES string of the molecule is O=C(NCc1cnc(-c2ccc(OC[C@@H]3CCNC3)cc2)s1)c1ccc2c(c1)NC(=O)c1ccccc1S2(=O)=O. The molecule has 204 valence electrons. The van der Waals surface area contributed by atoms with E-state index in [2.05, 4.69) is 20.9 Å². The van der Waals surface area contributed by atoms with E-state index < -0.39 is 21.7 Å². The maximum atomic E-state index is 13.2. The van der Waals surface area contributed by atoms with E-state index in [0.29, 0.717) is 12.5 Å². The summed E-state index contributed by atoms with van der Waals surface area (Å²) >= 11 is 1.47. The van der Waals surface area contributed by atoms with E-state index >= 15 is 0 Å². The average molecular weight is 575 g/mol. The van der Waals surface area contributed by atoms with Crippen LogP contribution < -0.4 is 20.7 Å². The molecule has 6 rings (SSSR count). The van der Waals surface area contributed by atoms with Crippen LogP contribution in [0.3, 0.4) is 0 Å². The topological polar surface area (TPSA) is 126 Å². The number of ether oxygens (including phenoxy) is 1. The molecule has 4 aromatic rings. The van der Waals surface area contributed by atoms with Crippen molar-refractivity contribution < 1.29 is 22.7 Å². The molecule has 0 radical (unpaired) electrons. The van der Waals surface area contributed by atoms with Crippen LogP contribution in [0, 0.1) is 5.92 Å². The fourth-order valence-corrected chi connectivity index (χ4v) is 7.21. The van der Waals surface area contributed by atoms with Gasteiger partial charge in [0, 0.05) is 34.7 Å². The van der Waals surface area contributed by atoms with Crippen LogP contribution in [-0.2, 0) is 16.4 Å². The van der Waals surface area contributed by atoms with Gasteiger partial charge in [-0.3, -0.25) is 9.59 Å². The number of aromatic nitrogens is 1. The van der Waals surface area contributed by atoms with Gasteiger partial charge in [0.15, 0.2) is 0 Å². The van der Waals surface area contributed by atoms with Crippen LogP contribution in [0.1, 0.15) is 32.0 Å². The van der Waals surface area contributed by atoms with E-state index in [1.54, 1.807) is 18.3 Å². The van der Waals surface area contributed by atoms with Crippen molar-refractivity contribution >= 4 is 38.7 Å². The Morgan fingerprint density at radius 2 is 1.90 bits per heavy atom. The lowest BCUT2D eigenvalue weighted by Gasteiger charge is -2.11. The molecule has 0 saturated carbocycles. The molecule has 1 saturated heterocycles. The highest BCUT2D eigenvalue weighted by atomic mass is 32.2. The molecule has 0 aliphatic carbocycles. The Labute approximate surface area is 235 Å². The Morgan fingerprint density at radius 1 is 1.07 bits per heavy atom. The third-order valence-electron chi connectivity index (χ3n) is 6.93. The van der Waals surface area contributed by atoms with Crippen LogP contribution in [0.15, 0.2) is 82.7 Å². The molecule has 3 N–H and O–H groups in total. The van der Waals surface area contributed by atoms with Crippen molar-refractivity contribution in [3.63, 3.8) is 0 Å². The molecule has 0 unspecified atom stereocenters. The molecule has 0 bridgehead atoms. The van der Waals surface area contributed by atoms with Gasteiger partial charge in [-0.25, -0.2) is 13.4 Å². The second-order valence-electron chi connectivity index (χ2n) is 9.67. The Balaban J connectivity index is 1.10. The molecule has 1 atom stereocenters. The van der Waals surface area contributed by atoms with Gasteiger partial charge in [-0.1, -0.05) is 12.1 Å². The number of rotatable bonds is 7. The lowest BCUT2D eigenvalue weighted by atomic mass is 10.1. The van der Waals surface area contributed by atoms with E-state index in [4.69, 9.17) is 4.74 Å². The van der Waals surface area contributed by atoms with Crippen molar-refractivity contribution in [1.29, 1.82) is 0 Å². The van der Waals surface area contributed by atoms with Crippen molar-refractivity contribution in [3.8, 4) is 16.3 Å². The van der Waals surface area contributed by atoms with Gasteiger partial charge in [0.25, 0.3) is 11.8 Å². The van der Waals surface area contributed by atoms with Crippen molar-refractivity contribution in [3.05, 3.63) is 88.9 Å². The predicted molar refractivity (Wildman–Crippen MR) is 151 cm³/mol. The number of hydrogen-bond donors (Lipinski definition) is 3. The van der Waals surface area contributed by atoms with Crippen molar-refractivity contribution in [2.75, 3.05) is 25.0 Å². The van der Waals surface area contributed by atoms with Gasteiger partial charge in [0.1, 0.15) is 10.8 Å². The van der Waals surface area contributed by atoms with E-state index in [1.165, 1.54) is 41.7 Å². The van der Waals surface area contributed by atoms with E-state index in [9.17, 15) is 18.0 Å². The summed E-state index contributed by atoms with van der Waals surface area (Å²) < 4.78 is 32.2. The minimum Gasteiger partial charge on any atom is -0.493 e. The molecule has 0 spiro atoms. The number of carbonyl (C=O) groups is 2. The summed E-state index contributed by atoms with van der Waals surface area (Å²) in [4.78, 5) is 30.8. The van der Waals surface area contributed by atoms with Gasteiger partial charge in [0.2, 0.25) is 9.84 Å². The fraction of sp³-hybridized carbons (Fsp3) is 0.207. The molecule has 2 aliphatic heterocycles. The third kappa shape index (κ3) is 5.23.